The van der Waals surface area contributed by atoms with Crippen molar-refractivity contribution in [2.24, 2.45) is 0 Å². The lowest BCUT2D eigenvalue weighted by molar-refractivity contribution is 0.0937. The van der Waals surface area contributed by atoms with Gasteiger partial charge in [0.25, 0.3) is 5.91 Å². The summed E-state index contributed by atoms with van der Waals surface area (Å²) in [6.07, 6.45) is -0.794. The average molecular weight is 268 g/mol. The van der Waals surface area contributed by atoms with Gasteiger partial charge in [-0.05, 0) is 24.3 Å². The van der Waals surface area contributed by atoms with E-state index in [1.165, 1.54) is 0 Å². The Kier molecular flexibility index (Phi) is 6.88. The standard InChI is InChI=1S/C13H20N2O4/c1-19-7-6-14-13(18)10-2-4-11(5-3-10)15-8-12(17)9-16/h2-5,12,15-17H,6-9H2,1H3,(H,14,18). The number of nitrogens with one attached hydrogen (secondary N) is 2. The third-order valence-corrected chi connectivity index (χ3v) is 2.49. The first-order valence-corrected chi connectivity index (χ1v) is 6.07. The Morgan fingerprint density at radius 3 is 2.63 bits per heavy atom. The second-order valence-electron chi connectivity index (χ2n) is 4.04. The van der Waals surface area contributed by atoms with Crippen LogP contribution >= 0.6 is 0 Å². The highest BCUT2D eigenvalue weighted by molar-refractivity contribution is 5.94. The van der Waals surface area contributed by atoms with Crippen LogP contribution in [-0.2, 0) is 4.74 Å². The number of carbonyl (C=O) groups is 1. The molecule has 6 heteroatoms. The molecule has 6 nitrogen and oxygen atoms in total. The van der Waals surface area contributed by atoms with E-state index in [-0.39, 0.29) is 19.1 Å². The van der Waals surface area contributed by atoms with Crippen molar-refractivity contribution in [3.63, 3.8) is 0 Å². The van der Waals surface area contributed by atoms with Crippen molar-refractivity contribution in [1.82, 2.24) is 5.32 Å². The van der Waals surface area contributed by atoms with E-state index in [0.717, 1.165) is 5.69 Å². The second kappa shape index (κ2) is 8.47. The van der Waals surface area contributed by atoms with E-state index in [4.69, 9.17) is 9.84 Å². The van der Waals surface area contributed by atoms with Crippen LogP contribution in [0, 0.1) is 0 Å². The molecule has 0 aliphatic carbocycles. The van der Waals surface area contributed by atoms with Gasteiger partial charge in [-0.3, -0.25) is 4.79 Å². The molecule has 0 aliphatic heterocycles. The van der Waals surface area contributed by atoms with Gasteiger partial charge in [0.1, 0.15) is 0 Å². The van der Waals surface area contributed by atoms with Crippen molar-refractivity contribution < 1.29 is 19.7 Å². The van der Waals surface area contributed by atoms with Gasteiger partial charge in [0, 0.05) is 31.5 Å². The third kappa shape index (κ3) is 5.69. The Bertz CT molecular complexity index is 381. The van der Waals surface area contributed by atoms with Crippen LogP contribution in [0.3, 0.4) is 0 Å². The lowest BCUT2D eigenvalue weighted by Gasteiger charge is -2.10. The molecule has 1 aromatic rings. The highest BCUT2D eigenvalue weighted by Gasteiger charge is 2.05. The molecule has 0 fully saturated rings. The van der Waals surface area contributed by atoms with E-state index < -0.39 is 6.10 Å². The number of aliphatic hydroxyl groups is 2. The molecule has 19 heavy (non-hydrogen) atoms. The summed E-state index contributed by atoms with van der Waals surface area (Å²) in [7, 11) is 1.58. The molecular formula is C13H20N2O4. The summed E-state index contributed by atoms with van der Waals surface area (Å²) in [4.78, 5) is 11.7. The zero-order chi connectivity index (χ0) is 14.1. The van der Waals surface area contributed by atoms with Gasteiger partial charge in [0.2, 0.25) is 0 Å². The highest BCUT2D eigenvalue weighted by Crippen LogP contribution is 2.09. The zero-order valence-electron chi connectivity index (χ0n) is 10.9. The maximum atomic E-state index is 11.7. The lowest BCUT2D eigenvalue weighted by atomic mass is 10.2. The number of benzene rings is 1. The maximum absolute atomic E-state index is 11.7. The molecule has 0 aliphatic rings. The van der Waals surface area contributed by atoms with E-state index in [2.05, 4.69) is 10.6 Å². The van der Waals surface area contributed by atoms with Crippen LogP contribution in [0.25, 0.3) is 0 Å². The minimum absolute atomic E-state index is 0.154. The number of carbonyl (C=O) groups excluding carboxylic acids is 1. The first kappa shape index (κ1) is 15.4. The van der Waals surface area contributed by atoms with Crippen LogP contribution in [-0.4, -0.2) is 55.6 Å². The molecule has 106 valence electrons. The van der Waals surface area contributed by atoms with Crippen molar-refractivity contribution in [3.8, 4) is 0 Å². The van der Waals surface area contributed by atoms with Crippen molar-refractivity contribution in [3.05, 3.63) is 29.8 Å². The summed E-state index contributed by atoms with van der Waals surface area (Å²) >= 11 is 0. The van der Waals surface area contributed by atoms with Crippen LogP contribution in [0.5, 0.6) is 0 Å². The van der Waals surface area contributed by atoms with Gasteiger partial charge < -0.3 is 25.6 Å². The topological polar surface area (TPSA) is 90.8 Å². The summed E-state index contributed by atoms with van der Waals surface area (Å²) in [5.74, 6) is -0.154. The van der Waals surface area contributed by atoms with Crippen LogP contribution in [0.15, 0.2) is 24.3 Å². The number of aliphatic hydroxyl groups excluding tert-OH is 2. The third-order valence-electron chi connectivity index (χ3n) is 2.49. The summed E-state index contributed by atoms with van der Waals surface area (Å²) in [5.41, 5.74) is 1.34. The SMILES string of the molecule is COCCNC(=O)c1ccc(NCC(O)CO)cc1. The Hall–Kier alpha value is -1.63. The Morgan fingerprint density at radius 2 is 2.05 bits per heavy atom. The fourth-order valence-corrected chi connectivity index (χ4v) is 1.41. The number of hydrogen-bond acceptors (Lipinski definition) is 5. The van der Waals surface area contributed by atoms with E-state index in [0.29, 0.717) is 18.7 Å². The van der Waals surface area contributed by atoms with Crippen LogP contribution in [0.4, 0.5) is 5.69 Å². The van der Waals surface area contributed by atoms with Gasteiger partial charge in [0.05, 0.1) is 19.3 Å². The maximum Gasteiger partial charge on any atom is 0.251 e. The minimum atomic E-state index is -0.794. The molecule has 0 bridgehead atoms. The summed E-state index contributed by atoms with van der Waals surface area (Å²) in [6, 6.07) is 6.87. The summed E-state index contributed by atoms with van der Waals surface area (Å²) in [6.45, 7) is 0.922. The van der Waals surface area contributed by atoms with Crippen molar-refractivity contribution in [2.75, 3.05) is 38.7 Å². The van der Waals surface area contributed by atoms with Crippen molar-refractivity contribution >= 4 is 11.6 Å². The summed E-state index contributed by atoms with van der Waals surface area (Å²) < 4.78 is 4.84. The van der Waals surface area contributed by atoms with Gasteiger partial charge in [-0.2, -0.15) is 0 Å². The molecule has 0 heterocycles. The molecule has 1 atom stereocenters. The molecule has 0 spiro atoms. The van der Waals surface area contributed by atoms with Crippen LogP contribution in [0.1, 0.15) is 10.4 Å². The smallest absolute Gasteiger partial charge is 0.251 e. The van der Waals surface area contributed by atoms with Gasteiger partial charge >= 0.3 is 0 Å². The number of ether oxygens (including phenoxy) is 1. The van der Waals surface area contributed by atoms with Crippen molar-refractivity contribution in [2.45, 2.75) is 6.10 Å². The van der Waals surface area contributed by atoms with Gasteiger partial charge in [0.15, 0.2) is 0 Å². The molecule has 1 aromatic carbocycles. The highest BCUT2D eigenvalue weighted by atomic mass is 16.5. The first-order chi connectivity index (χ1) is 9.17. The van der Waals surface area contributed by atoms with Crippen LogP contribution < -0.4 is 10.6 Å². The summed E-state index contributed by atoms with van der Waals surface area (Å²) in [5, 5.41) is 23.5. The molecule has 1 amide bonds. The number of anilines is 1. The van der Waals surface area contributed by atoms with Gasteiger partial charge in [-0.15, -0.1) is 0 Å². The largest absolute Gasteiger partial charge is 0.394 e. The normalized spacial score (nSPS) is 11.9. The molecule has 1 unspecified atom stereocenters. The molecule has 0 aromatic heterocycles. The minimum Gasteiger partial charge on any atom is -0.394 e. The predicted molar refractivity (Wildman–Crippen MR) is 72.2 cm³/mol. The molecule has 0 saturated carbocycles. The number of rotatable bonds is 8. The number of amides is 1. The molecule has 1 rings (SSSR count). The molecule has 0 saturated heterocycles. The Morgan fingerprint density at radius 1 is 1.37 bits per heavy atom. The Balaban J connectivity index is 2.44. The number of hydrogen-bond donors (Lipinski definition) is 4. The first-order valence-electron chi connectivity index (χ1n) is 6.07. The van der Waals surface area contributed by atoms with Crippen LogP contribution in [0.2, 0.25) is 0 Å². The monoisotopic (exact) mass is 268 g/mol. The predicted octanol–water partition coefficient (Wildman–Crippen LogP) is -0.172. The number of methoxy groups -OCH3 is 1. The fraction of sp³-hybridized carbons (Fsp3) is 0.462. The van der Waals surface area contributed by atoms with E-state index in [9.17, 15) is 9.90 Å². The fourth-order valence-electron chi connectivity index (χ4n) is 1.41. The zero-order valence-corrected chi connectivity index (χ0v) is 10.9. The van der Waals surface area contributed by atoms with Gasteiger partial charge in [-0.25, -0.2) is 0 Å². The Labute approximate surface area is 112 Å². The van der Waals surface area contributed by atoms with E-state index in [1.54, 1.807) is 31.4 Å². The average Bonchev–Trinajstić information content (AvgIpc) is 2.45. The van der Waals surface area contributed by atoms with Gasteiger partial charge in [-0.1, -0.05) is 0 Å². The molecule has 0 radical (unpaired) electrons. The molecular weight excluding hydrogens is 248 g/mol. The quantitative estimate of drug-likeness (QED) is 0.491. The van der Waals surface area contributed by atoms with Crippen molar-refractivity contribution in [1.29, 1.82) is 0 Å². The molecule has 4 N–H and O–H groups in total. The van der Waals surface area contributed by atoms with E-state index >= 15 is 0 Å². The van der Waals surface area contributed by atoms with E-state index in [1.807, 2.05) is 0 Å². The lowest BCUT2D eigenvalue weighted by Crippen LogP contribution is -2.27. The second-order valence-corrected chi connectivity index (χ2v) is 4.04.